The Kier molecular flexibility index (Phi) is 3.81. The molecule has 1 heterocycles. The molecule has 1 nitrogen and oxygen atoms in total. The Hall–Kier alpha value is -0.340. The van der Waals surface area contributed by atoms with Crippen LogP contribution in [-0.2, 0) is 11.2 Å². The third-order valence-corrected chi connectivity index (χ3v) is 3.64. The molecule has 0 atom stereocenters. The van der Waals surface area contributed by atoms with Gasteiger partial charge in [0.1, 0.15) is 0 Å². The zero-order chi connectivity index (χ0) is 10.7. The summed E-state index contributed by atoms with van der Waals surface area (Å²) in [6.45, 7) is 4.07. The summed E-state index contributed by atoms with van der Waals surface area (Å²) in [6, 6.07) is 6.69. The fourth-order valence-electron chi connectivity index (χ4n) is 2.29. The number of hydrogen-bond donors (Lipinski definition) is 0. The molecular weight excluding hydrogens is 252 g/mol. The topological polar surface area (TPSA) is 9.23 Å². The molecule has 1 aromatic carbocycles. The van der Waals surface area contributed by atoms with Crippen LogP contribution in [0.15, 0.2) is 22.7 Å². The van der Waals surface area contributed by atoms with Crippen molar-refractivity contribution in [2.24, 2.45) is 0 Å². The summed E-state index contributed by atoms with van der Waals surface area (Å²) in [5.74, 6) is 0.710. The zero-order valence-corrected chi connectivity index (χ0v) is 10.7. The van der Waals surface area contributed by atoms with Gasteiger partial charge >= 0.3 is 0 Å². The Bertz CT molecular complexity index is 329. The van der Waals surface area contributed by atoms with Gasteiger partial charge in [0.25, 0.3) is 0 Å². The molecule has 1 fully saturated rings. The molecule has 0 unspecified atom stereocenters. The SMILES string of the molecule is CCc1cc(Br)ccc1C1CCOCC1. The smallest absolute Gasteiger partial charge is 0.0471 e. The van der Waals surface area contributed by atoms with E-state index in [-0.39, 0.29) is 0 Å². The van der Waals surface area contributed by atoms with Crippen LogP contribution in [-0.4, -0.2) is 13.2 Å². The molecule has 1 aliphatic rings. The Morgan fingerprint density at radius 2 is 2.07 bits per heavy atom. The maximum absolute atomic E-state index is 5.41. The van der Waals surface area contributed by atoms with E-state index in [1.54, 1.807) is 0 Å². The number of hydrogen-bond acceptors (Lipinski definition) is 1. The normalized spacial score (nSPS) is 18.0. The highest BCUT2D eigenvalue weighted by molar-refractivity contribution is 9.10. The molecule has 0 aliphatic carbocycles. The summed E-state index contributed by atoms with van der Waals surface area (Å²) >= 11 is 3.54. The molecule has 0 radical (unpaired) electrons. The summed E-state index contributed by atoms with van der Waals surface area (Å²) in [6.07, 6.45) is 3.47. The van der Waals surface area contributed by atoms with Crippen molar-refractivity contribution in [1.82, 2.24) is 0 Å². The number of rotatable bonds is 2. The van der Waals surface area contributed by atoms with E-state index in [1.165, 1.54) is 28.4 Å². The first-order valence-corrected chi connectivity index (χ1v) is 6.46. The van der Waals surface area contributed by atoms with E-state index in [0.29, 0.717) is 5.92 Å². The molecule has 0 spiro atoms. The fourth-order valence-corrected chi connectivity index (χ4v) is 2.70. The molecule has 1 aliphatic heterocycles. The lowest BCUT2D eigenvalue weighted by atomic mass is 9.87. The molecule has 1 aromatic rings. The lowest BCUT2D eigenvalue weighted by Gasteiger charge is -2.24. The molecule has 82 valence electrons. The summed E-state index contributed by atoms with van der Waals surface area (Å²) < 4.78 is 6.60. The highest BCUT2D eigenvalue weighted by Crippen LogP contribution is 2.31. The van der Waals surface area contributed by atoms with Crippen molar-refractivity contribution in [2.45, 2.75) is 32.1 Å². The Balaban J connectivity index is 2.25. The molecule has 1 saturated heterocycles. The standard InChI is InChI=1S/C13H17BrO/c1-2-10-9-12(14)3-4-13(10)11-5-7-15-8-6-11/h3-4,9,11H,2,5-8H2,1H3. The zero-order valence-electron chi connectivity index (χ0n) is 9.13. The van der Waals surface area contributed by atoms with Crippen LogP contribution in [0.3, 0.4) is 0 Å². The Morgan fingerprint density at radius 1 is 1.33 bits per heavy atom. The van der Waals surface area contributed by atoms with E-state index < -0.39 is 0 Å². The van der Waals surface area contributed by atoms with E-state index >= 15 is 0 Å². The van der Waals surface area contributed by atoms with Crippen molar-refractivity contribution in [1.29, 1.82) is 0 Å². The van der Waals surface area contributed by atoms with Crippen molar-refractivity contribution < 1.29 is 4.74 Å². The van der Waals surface area contributed by atoms with Gasteiger partial charge in [-0.15, -0.1) is 0 Å². The molecular formula is C13H17BrO. The van der Waals surface area contributed by atoms with Gasteiger partial charge in [-0.05, 0) is 48.4 Å². The van der Waals surface area contributed by atoms with Gasteiger partial charge in [-0.1, -0.05) is 28.9 Å². The molecule has 2 heteroatoms. The number of halogens is 1. The van der Waals surface area contributed by atoms with Gasteiger partial charge in [-0.3, -0.25) is 0 Å². The van der Waals surface area contributed by atoms with Crippen LogP contribution >= 0.6 is 15.9 Å². The lowest BCUT2D eigenvalue weighted by Crippen LogP contribution is -2.15. The Morgan fingerprint density at radius 3 is 2.73 bits per heavy atom. The van der Waals surface area contributed by atoms with E-state index in [2.05, 4.69) is 41.1 Å². The largest absolute Gasteiger partial charge is 0.381 e. The first kappa shape index (κ1) is 11.2. The average Bonchev–Trinajstić information content (AvgIpc) is 2.30. The van der Waals surface area contributed by atoms with Gasteiger partial charge in [-0.2, -0.15) is 0 Å². The second-order valence-electron chi connectivity index (χ2n) is 4.08. The molecule has 0 N–H and O–H groups in total. The molecule has 0 amide bonds. The average molecular weight is 269 g/mol. The van der Waals surface area contributed by atoms with Crippen LogP contribution in [0.2, 0.25) is 0 Å². The molecule has 15 heavy (non-hydrogen) atoms. The van der Waals surface area contributed by atoms with Crippen molar-refractivity contribution in [2.75, 3.05) is 13.2 Å². The Labute approximate surface area is 100.0 Å². The van der Waals surface area contributed by atoms with Crippen LogP contribution in [0, 0.1) is 0 Å². The predicted molar refractivity (Wildman–Crippen MR) is 66.3 cm³/mol. The van der Waals surface area contributed by atoms with E-state index in [0.717, 1.165) is 19.6 Å². The predicted octanol–water partition coefficient (Wildman–Crippen LogP) is 3.91. The lowest BCUT2D eigenvalue weighted by molar-refractivity contribution is 0.0852. The first-order valence-electron chi connectivity index (χ1n) is 5.67. The number of aryl methyl sites for hydroxylation is 1. The van der Waals surface area contributed by atoms with E-state index in [4.69, 9.17) is 4.74 Å². The molecule has 0 saturated carbocycles. The van der Waals surface area contributed by atoms with Crippen LogP contribution in [0.25, 0.3) is 0 Å². The second-order valence-corrected chi connectivity index (χ2v) is 5.00. The van der Waals surface area contributed by atoms with Gasteiger partial charge in [0.05, 0.1) is 0 Å². The fraction of sp³-hybridized carbons (Fsp3) is 0.538. The quantitative estimate of drug-likeness (QED) is 0.791. The van der Waals surface area contributed by atoms with Crippen molar-refractivity contribution in [3.05, 3.63) is 33.8 Å². The first-order chi connectivity index (χ1) is 7.31. The monoisotopic (exact) mass is 268 g/mol. The van der Waals surface area contributed by atoms with Gasteiger partial charge in [0.15, 0.2) is 0 Å². The molecule has 0 aromatic heterocycles. The highest BCUT2D eigenvalue weighted by Gasteiger charge is 2.18. The third kappa shape index (κ3) is 2.61. The van der Waals surface area contributed by atoms with Crippen molar-refractivity contribution >= 4 is 15.9 Å². The molecule has 0 bridgehead atoms. The van der Waals surface area contributed by atoms with Crippen LogP contribution < -0.4 is 0 Å². The highest BCUT2D eigenvalue weighted by atomic mass is 79.9. The second kappa shape index (κ2) is 5.13. The van der Waals surface area contributed by atoms with Gasteiger partial charge in [0, 0.05) is 17.7 Å². The minimum atomic E-state index is 0.710. The maximum Gasteiger partial charge on any atom is 0.0471 e. The number of ether oxygens (including phenoxy) is 1. The summed E-state index contributed by atoms with van der Waals surface area (Å²) in [5.41, 5.74) is 3.01. The summed E-state index contributed by atoms with van der Waals surface area (Å²) in [4.78, 5) is 0. The van der Waals surface area contributed by atoms with Crippen LogP contribution in [0.4, 0.5) is 0 Å². The van der Waals surface area contributed by atoms with Crippen molar-refractivity contribution in [3.8, 4) is 0 Å². The minimum absolute atomic E-state index is 0.710. The summed E-state index contributed by atoms with van der Waals surface area (Å²) in [5, 5.41) is 0. The van der Waals surface area contributed by atoms with E-state index in [9.17, 15) is 0 Å². The summed E-state index contributed by atoms with van der Waals surface area (Å²) in [7, 11) is 0. The van der Waals surface area contributed by atoms with Gasteiger partial charge in [0.2, 0.25) is 0 Å². The maximum atomic E-state index is 5.41. The van der Waals surface area contributed by atoms with Crippen LogP contribution in [0.5, 0.6) is 0 Å². The van der Waals surface area contributed by atoms with Crippen LogP contribution in [0.1, 0.15) is 36.8 Å². The van der Waals surface area contributed by atoms with Gasteiger partial charge < -0.3 is 4.74 Å². The van der Waals surface area contributed by atoms with E-state index in [1.807, 2.05) is 0 Å². The third-order valence-electron chi connectivity index (χ3n) is 3.15. The van der Waals surface area contributed by atoms with Gasteiger partial charge in [-0.25, -0.2) is 0 Å². The molecule has 2 rings (SSSR count). The minimum Gasteiger partial charge on any atom is -0.381 e. The number of benzene rings is 1. The van der Waals surface area contributed by atoms with Crippen molar-refractivity contribution in [3.63, 3.8) is 0 Å².